The third kappa shape index (κ3) is 2.93. The Balaban J connectivity index is 1.66. The minimum Gasteiger partial charge on any atom is -0.332 e. The van der Waals surface area contributed by atoms with Gasteiger partial charge in [-0.1, -0.05) is 39.5 Å². The first-order valence-electron chi connectivity index (χ1n) is 8.55. The number of hydrogen-bond acceptors (Lipinski definition) is 2. The molecule has 0 saturated heterocycles. The number of aryl methyl sites for hydroxylation is 1. The number of nitrogens with zero attached hydrogens (tertiary/aromatic N) is 2. The van der Waals surface area contributed by atoms with Gasteiger partial charge >= 0.3 is 0 Å². The molecule has 0 amide bonds. The molecule has 112 valence electrons. The number of rotatable bonds is 4. The maximum Gasteiger partial charge on any atom is 0.108 e. The summed E-state index contributed by atoms with van der Waals surface area (Å²) >= 11 is 0. The van der Waals surface area contributed by atoms with Crippen LogP contribution in [0.2, 0.25) is 0 Å². The fourth-order valence-electron chi connectivity index (χ4n) is 3.89. The minimum atomic E-state index is 0.954. The first-order chi connectivity index (χ1) is 9.78. The molecule has 1 aliphatic carbocycles. The van der Waals surface area contributed by atoms with Gasteiger partial charge in [0.25, 0.3) is 0 Å². The van der Waals surface area contributed by atoms with Crippen LogP contribution in [0.15, 0.2) is 0 Å². The van der Waals surface area contributed by atoms with Crippen molar-refractivity contribution in [2.45, 2.75) is 71.9 Å². The van der Waals surface area contributed by atoms with Gasteiger partial charge in [-0.3, -0.25) is 0 Å². The zero-order valence-electron chi connectivity index (χ0n) is 13.1. The Morgan fingerprint density at radius 2 is 2.05 bits per heavy atom. The van der Waals surface area contributed by atoms with Crippen LogP contribution in [0.5, 0.6) is 0 Å². The predicted octanol–water partition coefficient (Wildman–Crippen LogP) is 3.31. The van der Waals surface area contributed by atoms with E-state index in [0.29, 0.717) is 0 Å². The Labute approximate surface area is 123 Å². The second kappa shape index (κ2) is 6.30. The van der Waals surface area contributed by atoms with Gasteiger partial charge in [0.1, 0.15) is 5.82 Å². The molecular weight excluding hydrogens is 246 g/mol. The first kappa shape index (κ1) is 14.1. The molecule has 1 aromatic rings. The van der Waals surface area contributed by atoms with Crippen molar-refractivity contribution in [3.05, 3.63) is 17.2 Å². The molecule has 3 nitrogen and oxygen atoms in total. The van der Waals surface area contributed by atoms with Crippen LogP contribution in [0.4, 0.5) is 0 Å². The van der Waals surface area contributed by atoms with E-state index in [0.717, 1.165) is 37.8 Å². The molecule has 1 N–H and O–H groups in total. The molecule has 1 fully saturated rings. The fraction of sp³-hybridized carbons (Fsp3) is 0.824. The molecule has 0 radical (unpaired) electrons. The molecule has 3 rings (SSSR count). The fourth-order valence-corrected chi connectivity index (χ4v) is 3.89. The van der Waals surface area contributed by atoms with Crippen molar-refractivity contribution in [1.29, 1.82) is 0 Å². The van der Waals surface area contributed by atoms with E-state index in [1.807, 2.05) is 0 Å². The zero-order chi connectivity index (χ0) is 13.9. The smallest absolute Gasteiger partial charge is 0.108 e. The highest BCUT2D eigenvalue weighted by Gasteiger charge is 2.21. The summed E-state index contributed by atoms with van der Waals surface area (Å²) in [6, 6.07) is 0. The highest BCUT2D eigenvalue weighted by Crippen LogP contribution is 2.31. The standard InChI is InChI=1S/C17H29N3/c1-3-17-19-15-12-18-10-8-16(15)20(17)11-9-14-6-4-13(2)5-7-14/h13-14,18H,3-12H2,1-2H3. The number of imidazole rings is 1. The van der Waals surface area contributed by atoms with Gasteiger partial charge in [-0.2, -0.15) is 0 Å². The van der Waals surface area contributed by atoms with Crippen LogP contribution in [-0.4, -0.2) is 16.1 Å². The number of fused-ring (bicyclic) bond motifs is 1. The highest BCUT2D eigenvalue weighted by atomic mass is 15.1. The topological polar surface area (TPSA) is 29.9 Å². The van der Waals surface area contributed by atoms with Crippen LogP contribution >= 0.6 is 0 Å². The van der Waals surface area contributed by atoms with Gasteiger partial charge in [-0.25, -0.2) is 4.98 Å². The quantitative estimate of drug-likeness (QED) is 0.913. The lowest BCUT2D eigenvalue weighted by Crippen LogP contribution is -2.25. The van der Waals surface area contributed by atoms with Crippen molar-refractivity contribution in [3.8, 4) is 0 Å². The highest BCUT2D eigenvalue weighted by molar-refractivity contribution is 5.20. The van der Waals surface area contributed by atoms with E-state index in [1.165, 1.54) is 55.9 Å². The van der Waals surface area contributed by atoms with E-state index in [2.05, 4.69) is 23.7 Å². The molecule has 20 heavy (non-hydrogen) atoms. The molecule has 0 aromatic carbocycles. The SMILES string of the molecule is CCc1nc2c(n1CCC1CCC(C)CC1)CCNC2. The zero-order valence-corrected chi connectivity index (χ0v) is 13.1. The molecule has 3 heteroatoms. The first-order valence-corrected chi connectivity index (χ1v) is 8.55. The molecule has 0 spiro atoms. The van der Waals surface area contributed by atoms with Crippen LogP contribution in [0.1, 0.15) is 63.2 Å². The molecule has 0 bridgehead atoms. The Kier molecular flexibility index (Phi) is 4.45. The minimum absolute atomic E-state index is 0.954. The van der Waals surface area contributed by atoms with Crippen LogP contribution in [0.25, 0.3) is 0 Å². The summed E-state index contributed by atoms with van der Waals surface area (Å²) in [4.78, 5) is 4.85. The lowest BCUT2D eigenvalue weighted by molar-refractivity contribution is 0.267. The van der Waals surface area contributed by atoms with Crippen LogP contribution in [-0.2, 0) is 25.9 Å². The van der Waals surface area contributed by atoms with Crippen molar-refractivity contribution in [2.75, 3.05) is 6.54 Å². The molecule has 1 aliphatic heterocycles. The van der Waals surface area contributed by atoms with E-state index in [9.17, 15) is 0 Å². The summed E-state index contributed by atoms with van der Waals surface area (Å²) in [5.41, 5.74) is 2.83. The average molecular weight is 275 g/mol. The molecule has 0 atom stereocenters. The van der Waals surface area contributed by atoms with E-state index in [1.54, 1.807) is 0 Å². The monoisotopic (exact) mass is 275 g/mol. The normalized spacial score (nSPS) is 26.5. The molecule has 1 saturated carbocycles. The summed E-state index contributed by atoms with van der Waals surface area (Å²) in [6.07, 6.45) is 9.35. The molecular formula is C17H29N3. The summed E-state index contributed by atoms with van der Waals surface area (Å²) in [5.74, 6) is 3.23. The Morgan fingerprint density at radius 3 is 2.80 bits per heavy atom. The maximum absolute atomic E-state index is 4.85. The second-order valence-electron chi connectivity index (χ2n) is 6.77. The molecule has 1 aromatic heterocycles. The Bertz CT molecular complexity index is 441. The van der Waals surface area contributed by atoms with Crippen molar-refractivity contribution >= 4 is 0 Å². The lowest BCUT2D eigenvalue weighted by atomic mass is 9.81. The van der Waals surface area contributed by atoms with Crippen LogP contribution < -0.4 is 5.32 Å². The third-order valence-electron chi connectivity index (χ3n) is 5.28. The third-order valence-corrected chi connectivity index (χ3v) is 5.28. The van der Waals surface area contributed by atoms with Crippen molar-refractivity contribution in [3.63, 3.8) is 0 Å². The average Bonchev–Trinajstić information content (AvgIpc) is 2.84. The van der Waals surface area contributed by atoms with E-state index in [-0.39, 0.29) is 0 Å². The largest absolute Gasteiger partial charge is 0.332 e. The van der Waals surface area contributed by atoms with E-state index >= 15 is 0 Å². The van der Waals surface area contributed by atoms with Crippen molar-refractivity contribution < 1.29 is 0 Å². The summed E-state index contributed by atoms with van der Waals surface area (Å²) in [7, 11) is 0. The number of hydrogen-bond donors (Lipinski definition) is 1. The van der Waals surface area contributed by atoms with Gasteiger partial charge in [0.2, 0.25) is 0 Å². The van der Waals surface area contributed by atoms with Gasteiger partial charge in [0.05, 0.1) is 5.69 Å². The molecule has 0 unspecified atom stereocenters. The van der Waals surface area contributed by atoms with Crippen molar-refractivity contribution in [2.24, 2.45) is 11.8 Å². The maximum atomic E-state index is 4.85. The summed E-state index contributed by atoms with van der Waals surface area (Å²) in [6.45, 7) is 7.92. The summed E-state index contributed by atoms with van der Waals surface area (Å²) in [5, 5.41) is 3.44. The Morgan fingerprint density at radius 1 is 1.25 bits per heavy atom. The molecule has 2 heterocycles. The van der Waals surface area contributed by atoms with Gasteiger partial charge in [-0.15, -0.1) is 0 Å². The van der Waals surface area contributed by atoms with Gasteiger partial charge < -0.3 is 9.88 Å². The van der Waals surface area contributed by atoms with Gasteiger partial charge in [0, 0.05) is 38.2 Å². The number of nitrogens with one attached hydrogen (secondary N) is 1. The lowest BCUT2D eigenvalue weighted by Gasteiger charge is -2.27. The van der Waals surface area contributed by atoms with E-state index < -0.39 is 0 Å². The summed E-state index contributed by atoms with van der Waals surface area (Å²) < 4.78 is 2.55. The second-order valence-corrected chi connectivity index (χ2v) is 6.77. The van der Waals surface area contributed by atoms with Crippen LogP contribution in [0, 0.1) is 11.8 Å². The van der Waals surface area contributed by atoms with Gasteiger partial charge in [-0.05, 0) is 18.3 Å². The van der Waals surface area contributed by atoms with E-state index in [4.69, 9.17) is 4.98 Å². The predicted molar refractivity (Wildman–Crippen MR) is 82.8 cm³/mol. The Hall–Kier alpha value is -0.830. The number of aromatic nitrogens is 2. The van der Waals surface area contributed by atoms with Crippen LogP contribution in [0.3, 0.4) is 0 Å². The van der Waals surface area contributed by atoms with Gasteiger partial charge in [0.15, 0.2) is 0 Å². The molecule has 2 aliphatic rings. The van der Waals surface area contributed by atoms with Crippen molar-refractivity contribution in [1.82, 2.24) is 14.9 Å².